The number of alkyl halides is 3. The third-order valence-corrected chi connectivity index (χ3v) is 5.03. The Labute approximate surface area is 192 Å². The molecule has 8 nitrogen and oxygen atoms in total. The highest BCUT2D eigenvalue weighted by Crippen LogP contribution is 2.32. The van der Waals surface area contributed by atoms with Gasteiger partial charge in [-0.1, -0.05) is 6.07 Å². The van der Waals surface area contributed by atoms with E-state index in [9.17, 15) is 22.4 Å². The number of aromatic nitrogens is 4. The summed E-state index contributed by atoms with van der Waals surface area (Å²) in [5.41, 5.74) is -1.31. The van der Waals surface area contributed by atoms with E-state index in [1.165, 1.54) is 4.90 Å². The van der Waals surface area contributed by atoms with Crippen molar-refractivity contribution in [2.75, 3.05) is 31.5 Å². The standard InChI is InChI=1S/C20H19F4N7O.ClH/c21-18-14(2-1-3-15(18)20(22,23)24)19(32)31-8-6-30(7-9-31)12-13-10-25-11-17(27-13)28-16-4-5-26-29-16;/h1-5,10-11H,6-9,12H2,(H2,26,27,28,29);1H. The van der Waals surface area contributed by atoms with Crippen LogP contribution in [0.3, 0.4) is 0 Å². The van der Waals surface area contributed by atoms with Crippen LogP contribution in [0.4, 0.5) is 29.2 Å². The molecule has 1 aliphatic rings. The van der Waals surface area contributed by atoms with Gasteiger partial charge in [0, 0.05) is 45.0 Å². The molecule has 0 spiro atoms. The van der Waals surface area contributed by atoms with Gasteiger partial charge in [0.15, 0.2) is 0 Å². The second kappa shape index (κ2) is 10.1. The largest absolute Gasteiger partial charge is 0.419 e. The summed E-state index contributed by atoms with van der Waals surface area (Å²) in [6.45, 7) is 1.92. The number of hydrogen-bond donors (Lipinski definition) is 2. The lowest BCUT2D eigenvalue weighted by Gasteiger charge is -2.34. The molecule has 3 aromatic rings. The highest BCUT2D eigenvalue weighted by atomic mass is 35.5. The van der Waals surface area contributed by atoms with Crippen molar-refractivity contribution in [3.8, 4) is 0 Å². The molecule has 1 amide bonds. The number of piperazine rings is 1. The molecule has 1 fully saturated rings. The Morgan fingerprint density at radius 3 is 2.55 bits per heavy atom. The van der Waals surface area contributed by atoms with Crippen LogP contribution < -0.4 is 5.32 Å². The lowest BCUT2D eigenvalue weighted by Crippen LogP contribution is -2.48. The Morgan fingerprint density at radius 2 is 1.88 bits per heavy atom. The first-order valence-electron chi connectivity index (χ1n) is 9.76. The predicted molar refractivity (Wildman–Crippen MR) is 114 cm³/mol. The predicted octanol–water partition coefficient (Wildman–Crippen LogP) is 3.48. The second-order valence-electron chi connectivity index (χ2n) is 7.22. The van der Waals surface area contributed by atoms with E-state index in [4.69, 9.17) is 0 Å². The zero-order valence-electron chi connectivity index (χ0n) is 17.1. The highest BCUT2D eigenvalue weighted by Gasteiger charge is 2.36. The quantitative estimate of drug-likeness (QED) is 0.538. The van der Waals surface area contributed by atoms with Crippen molar-refractivity contribution >= 4 is 29.9 Å². The number of hydrogen-bond acceptors (Lipinski definition) is 6. The monoisotopic (exact) mass is 485 g/mol. The molecule has 2 N–H and O–H groups in total. The minimum atomic E-state index is -4.86. The molecule has 4 rings (SSSR count). The van der Waals surface area contributed by atoms with Gasteiger partial charge in [0.25, 0.3) is 5.91 Å². The number of carbonyl (C=O) groups is 1. The molecule has 0 bridgehead atoms. The van der Waals surface area contributed by atoms with Crippen LogP contribution in [-0.4, -0.2) is 62.1 Å². The molecule has 13 heteroatoms. The smallest absolute Gasteiger partial charge is 0.336 e. The number of aromatic amines is 1. The summed E-state index contributed by atoms with van der Waals surface area (Å²) in [6, 6.07) is 4.49. The number of anilines is 2. The van der Waals surface area contributed by atoms with Crippen LogP contribution in [0.5, 0.6) is 0 Å². The summed E-state index contributed by atoms with van der Waals surface area (Å²) in [4.78, 5) is 24.7. The summed E-state index contributed by atoms with van der Waals surface area (Å²) in [5.74, 6) is -1.07. The van der Waals surface area contributed by atoms with E-state index in [0.29, 0.717) is 43.0 Å². The molecule has 2 aromatic heterocycles. The normalized spacial score (nSPS) is 14.6. The van der Waals surface area contributed by atoms with E-state index in [2.05, 4.69) is 25.5 Å². The van der Waals surface area contributed by atoms with Crippen molar-refractivity contribution in [1.29, 1.82) is 0 Å². The molecular weight excluding hydrogens is 466 g/mol. The van der Waals surface area contributed by atoms with Crippen LogP contribution in [0, 0.1) is 5.82 Å². The second-order valence-corrected chi connectivity index (χ2v) is 7.22. The maximum atomic E-state index is 14.3. The lowest BCUT2D eigenvalue weighted by atomic mass is 10.1. The van der Waals surface area contributed by atoms with Crippen molar-refractivity contribution < 1.29 is 22.4 Å². The Morgan fingerprint density at radius 1 is 1.12 bits per heavy atom. The molecule has 1 aromatic carbocycles. The molecule has 0 saturated carbocycles. The number of H-pyrrole nitrogens is 1. The van der Waals surface area contributed by atoms with Crippen LogP contribution >= 0.6 is 12.4 Å². The van der Waals surface area contributed by atoms with E-state index in [0.717, 1.165) is 12.1 Å². The summed E-state index contributed by atoms with van der Waals surface area (Å²) in [5, 5.41) is 9.65. The lowest BCUT2D eigenvalue weighted by molar-refractivity contribution is -0.140. The van der Waals surface area contributed by atoms with Gasteiger partial charge in [-0.15, -0.1) is 12.4 Å². The summed E-state index contributed by atoms with van der Waals surface area (Å²) in [7, 11) is 0. The Hall–Kier alpha value is -3.25. The van der Waals surface area contributed by atoms with Crippen LogP contribution in [-0.2, 0) is 12.7 Å². The number of nitrogens with zero attached hydrogens (tertiary/aromatic N) is 5. The zero-order valence-corrected chi connectivity index (χ0v) is 18.0. The number of nitrogens with one attached hydrogen (secondary N) is 2. The van der Waals surface area contributed by atoms with Crippen molar-refractivity contribution in [3.05, 3.63) is 65.5 Å². The summed E-state index contributed by atoms with van der Waals surface area (Å²) < 4.78 is 53.1. The SMILES string of the molecule is Cl.O=C(c1cccc(C(F)(F)F)c1F)N1CCN(Cc2cncc(Nc3ccn[nH]3)n2)CC1. The summed E-state index contributed by atoms with van der Waals surface area (Å²) >= 11 is 0. The number of rotatable bonds is 5. The van der Waals surface area contributed by atoms with Gasteiger partial charge in [-0.25, -0.2) is 9.37 Å². The van der Waals surface area contributed by atoms with Gasteiger partial charge < -0.3 is 10.2 Å². The van der Waals surface area contributed by atoms with Gasteiger partial charge in [-0.2, -0.15) is 18.3 Å². The van der Waals surface area contributed by atoms with Gasteiger partial charge in [-0.3, -0.25) is 19.8 Å². The van der Waals surface area contributed by atoms with Crippen LogP contribution in [0.25, 0.3) is 0 Å². The maximum absolute atomic E-state index is 14.3. The molecular formula is C20H20ClF4N7O. The van der Waals surface area contributed by atoms with Crippen molar-refractivity contribution in [2.24, 2.45) is 0 Å². The molecule has 1 saturated heterocycles. The van der Waals surface area contributed by atoms with Crippen LogP contribution in [0.2, 0.25) is 0 Å². The van der Waals surface area contributed by atoms with E-state index in [-0.39, 0.29) is 25.5 Å². The van der Waals surface area contributed by atoms with Crippen molar-refractivity contribution in [2.45, 2.75) is 12.7 Å². The van der Waals surface area contributed by atoms with Crippen LogP contribution in [0.15, 0.2) is 42.9 Å². The van der Waals surface area contributed by atoms with Crippen molar-refractivity contribution in [1.82, 2.24) is 30.0 Å². The van der Waals surface area contributed by atoms with Gasteiger partial charge in [0.05, 0.1) is 29.2 Å². The van der Waals surface area contributed by atoms with E-state index in [1.54, 1.807) is 24.7 Å². The first-order chi connectivity index (χ1) is 15.3. The fourth-order valence-corrected chi connectivity index (χ4v) is 3.43. The molecule has 176 valence electrons. The Kier molecular flexibility index (Phi) is 7.49. The average molecular weight is 486 g/mol. The minimum absolute atomic E-state index is 0. The number of halogens is 5. The molecule has 33 heavy (non-hydrogen) atoms. The van der Waals surface area contributed by atoms with E-state index in [1.807, 2.05) is 4.90 Å². The summed E-state index contributed by atoms with van der Waals surface area (Å²) in [6.07, 6.45) is -0.0508. The third kappa shape index (κ3) is 5.76. The maximum Gasteiger partial charge on any atom is 0.419 e. The number of carbonyl (C=O) groups excluding carboxylic acids is 1. The molecule has 0 radical (unpaired) electrons. The fourth-order valence-electron chi connectivity index (χ4n) is 3.43. The van der Waals surface area contributed by atoms with Crippen molar-refractivity contribution in [3.63, 3.8) is 0 Å². The van der Waals surface area contributed by atoms with Gasteiger partial charge >= 0.3 is 6.18 Å². The van der Waals surface area contributed by atoms with Crippen LogP contribution in [0.1, 0.15) is 21.6 Å². The van der Waals surface area contributed by atoms with Gasteiger partial charge in [0.2, 0.25) is 0 Å². The molecule has 3 heterocycles. The average Bonchev–Trinajstić information content (AvgIpc) is 3.26. The Balaban J connectivity index is 0.00000306. The van der Waals surface area contributed by atoms with E-state index < -0.39 is 29.0 Å². The fraction of sp³-hybridized carbons (Fsp3) is 0.300. The highest BCUT2D eigenvalue weighted by molar-refractivity contribution is 5.94. The topological polar surface area (TPSA) is 90.0 Å². The Bertz CT molecular complexity index is 1090. The molecule has 0 aliphatic carbocycles. The third-order valence-electron chi connectivity index (χ3n) is 5.03. The molecule has 1 aliphatic heterocycles. The number of amides is 1. The molecule has 0 atom stereocenters. The van der Waals surface area contributed by atoms with E-state index >= 15 is 0 Å². The molecule has 0 unspecified atom stereocenters. The number of benzene rings is 1. The first kappa shape index (κ1) is 24.4. The first-order valence-corrected chi connectivity index (χ1v) is 9.76. The van der Waals surface area contributed by atoms with Gasteiger partial charge in [0.1, 0.15) is 17.5 Å². The zero-order chi connectivity index (χ0) is 22.7. The minimum Gasteiger partial charge on any atom is -0.336 e. The van der Waals surface area contributed by atoms with Gasteiger partial charge in [-0.05, 0) is 12.1 Å².